The molecule has 11 aromatic carbocycles. The Hall–Kier alpha value is -8.72. The molecule has 2 nitrogen and oxygen atoms in total. The summed E-state index contributed by atoms with van der Waals surface area (Å²) in [5.41, 5.74) is 24.9. The zero-order chi connectivity index (χ0) is 48.3. The monoisotopic (exact) mass is 920 g/mol. The van der Waals surface area contributed by atoms with Crippen LogP contribution in [0, 0.1) is 0 Å². The van der Waals surface area contributed by atoms with Gasteiger partial charge < -0.3 is 9.47 Å². The van der Waals surface area contributed by atoms with E-state index < -0.39 is 0 Å². The molecule has 0 aliphatic heterocycles. The van der Waals surface area contributed by atoms with Gasteiger partial charge in [0.2, 0.25) is 0 Å². The Morgan fingerprint density at radius 1 is 0.292 bits per heavy atom. The Labute approximate surface area is 421 Å². The van der Waals surface area contributed by atoms with E-state index in [1.165, 1.54) is 110 Å². The third kappa shape index (κ3) is 6.49. The molecule has 1 aromatic heterocycles. The number of anilines is 3. The SMILES string of the molecule is CC1(C)c2ccccc2-c2ccc(-c3ccc(N(c4ccc(-c5ccc6c(c5)C(C)(C)c5ccccc5-6)cc4)c4ccc5c(c4)c4cc(-c6ccc7ccccc7c6)ccc4n5-c4ccccc4)cc3)cc21. The van der Waals surface area contributed by atoms with Gasteiger partial charge in [-0.1, -0.05) is 185 Å². The summed E-state index contributed by atoms with van der Waals surface area (Å²) in [5, 5.41) is 4.91. The van der Waals surface area contributed by atoms with E-state index in [2.05, 4.69) is 280 Å². The van der Waals surface area contributed by atoms with Crippen LogP contribution in [0.5, 0.6) is 0 Å². The van der Waals surface area contributed by atoms with Crippen LogP contribution in [0.2, 0.25) is 0 Å². The maximum absolute atomic E-state index is 2.43. The molecule has 0 amide bonds. The fourth-order valence-electron chi connectivity index (χ4n) is 12.4. The zero-order valence-corrected chi connectivity index (χ0v) is 41.0. The van der Waals surface area contributed by atoms with Gasteiger partial charge in [-0.25, -0.2) is 0 Å². The number of para-hydroxylation sites is 1. The van der Waals surface area contributed by atoms with Crippen LogP contribution in [0.25, 0.3) is 93.9 Å². The van der Waals surface area contributed by atoms with Crippen molar-refractivity contribution in [3.8, 4) is 61.3 Å². The quantitative estimate of drug-likeness (QED) is 0.155. The van der Waals surface area contributed by atoms with Crippen LogP contribution >= 0.6 is 0 Å². The minimum Gasteiger partial charge on any atom is -0.310 e. The smallest absolute Gasteiger partial charge is 0.0542 e. The Morgan fingerprint density at radius 3 is 1.31 bits per heavy atom. The van der Waals surface area contributed by atoms with Crippen molar-refractivity contribution < 1.29 is 0 Å². The molecule has 0 bridgehead atoms. The molecule has 2 aliphatic rings. The van der Waals surface area contributed by atoms with Gasteiger partial charge >= 0.3 is 0 Å². The second-order valence-electron chi connectivity index (χ2n) is 21.0. The van der Waals surface area contributed by atoms with Crippen molar-refractivity contribution in [2.45, 2.75) is 38.5 Å². The van der Waals surface area contributed by atoms with Gasteiger partial charge in [0, 0.05) is 44.4 Å². The number of fused-ring (bicyclic) bond motifs is 10. The molecule has 2 heteroatoms. The Balaban J connectivity index is 0.905. The second-order valence-corrected chi connectivity index (χ2v) is 21.0. The standard InChI is InChI=1S/C70H52N2/c1-69(2)63-20-12-10-18-57(63)59-36-28-51(42-65(59)69)46-24-31-54(32-25-46)71(55-33-26-47(27-34-55)52-29-37-60-58-19-11-13-21-64(58)70(3,4)66(60)43-52)56-35-39-68-62(44-56)61-41-50(49-23-22-45-14-8-9-15-48(45)40-49)30-38-67(61)72(68)53-16-6-5-7-17-53/h5-44H,1-4H3. The zero-order valence-electron chi connectivity index (χ0n) is 41.0. The van der Waals surface area contributed by atoms with Crippen LogP contribution in [0.1, 0.15) is 49.9 Å². The van der Waals surface area contributed by atoms with Crippen molar-refractivity contribution in [1.82, 2.24) is 4.57 Å². The highest BCUT2D eigenvalue weighted by molar-refractivity contribution is 6.12. The topological polar surface area (TPSA) is 8.17 Å². The van der Waals surface area contributed by atoms with Crippen LogP contribution in [-0.2, 0) is 10.8 Å². The largest absolute Gasteiger partial charge is 0.310 e. The van der Waals surface area contributed by atoms with Crippen molar-refractivity contribution in [1.29, 1.82) is 0 Å². The minimum absolute atomic E-state index is 0.0651. The lowest BCUT2D eigenvalue weighted by atomic mass is 9.81. The van der Waals surface area contributed by atoms with Gasteiger partial charge in [0.1, 0.15) is 0 Å². The van der Waals surface area contributed by atoms with Gasteiger partial charge in [-0.2, -0.15) is 0 Å². The summed E-state index contributed by atoms with van der Waals surface area (Å²) >= 11 is 0. The summed E-state index contributed by atoms with van der Waals surface area (Å²) in [6.07, 6.45) is 0. The molecular weight excluding hydrogens is 869 g/mol. The molecule has 12 aromatic rings. The van der Waals surface area contributed by atoms with Crippen LogP contribution in [0.4, 0.5) is 17.1 Å². The molecule has 0 atom stereocenters. The van der Waals surface area contributed by atoms with Gasteiger partial charge in [0.15, 0.2) is 0 Å². The van der Waals surface area contributed by atoms with E-state index in [4.69, 9.17) is 0 Å². The fourth-order valence-corrected chi connectivity index (χ4v) is 12.4. The molecule has 0 radical (unpaired) electrons. The molecule has 0 saturated carbocycles. The molecule has 0 spiro atoms. The molecule has 0 fully saturated rings. The number of nitrogens with zero attached hydrogens (tertiary/aromatic N) is 2. The molecule has 0 N–H and O–H groups in total. The summed E-state index contributed by atoms with van der Waals surface area (Å²) in [6, 6.07) is 90.4. The van der Waals surface area contributed by atoms with Crippen LogP contribution in [0.15, 0.2) is 243 Å². The second kappa shape index (κ2) is 15.9. The third-order valence-electron chi connectivity index (χ3n) is 16.2. The molecular formula is C70H52N2. The molecule has 0 saturated heterocycles. The fraction of sp³-hybridized carbons (Fsp3) is 0.0857. The van der Waals surface area contributed by atoms with E-state index in [9.17, 15) is 0 Å². The van der Waals surface area contributed by atoms with Gasteiger partial charge in [-0.3, -0.25) is 0 Å². The maximum Gasteiger partial charge on any atom is 0.0542 e. The van der Waals surface area contributed by atoms with Gasteiger partial charge in [-0.15, -0.1) is 0 Å². The first-order chi connectivity index (χ1) is 35.2. The molecule has 72 heavy (non-hydrogen) atoms. The first-order valence-electron chi connectivity index (χ1n) is 25.3. The van der Waals surface area contributed by atoms with E-state index in [-0.39, 0.29) is 10.8 Å². The average Bonchev–Trinajstić information content (AvgIpc) is 3.97. The lowest BCUT2D eigenvalue weighted by Gasteiger charge is -2.26. The Bertz CT molecular complexity index is 3980. The molecule has 1 heterocycles. The van der Waals surface area contributed by atoms with Crippen molar-refractivity contribution in [2.75, 3.05) is 4.90 Å². The maximum atomic E-state index is 2.43. The van der Waals surface area contributed by atoms with Crippen LogP contribution in [-0.4, -0.2) is 4.57 Å². The molecule has 342 valence electrons. The minimum atomic E-state index is -0.0651. The van der Waals surface area contributed by atoms with E-state index in [0.29, 0.717) is 0 Å². The van der Waals surface area contributed by atoms with Crippen LogP contribution in [0.3, 0.4) is 0 Å². The molecule has 2 aliphatic carbocycles. The summed E-state index contributed by atoms with van der Waals surface area (Å²) in [5.74, 6) is 0. The lowest BCUT2D eigenvalue weighted by molar-refractivity contribution is 0.660. The first-order valence-corrected chi connectivity index (χ1v) is 25.3. The number of aromatic nitrogens is 1. The predicted octanol–water partition coefficient (Wildman–Crippen LogP) is 19.0. The van der Waals surface area contributed by atoms with E-state index >= 15 is 0 Å². The van der Waals surface area contributed by atoms with Crippen molar-refractivity contribution in [3.63, 3.8) is 0 Å². The van der Waals surface area contributed by atoms with E-state index in [1.807, 2.05) is 0 Å². The summed E-state index contributed by atoms with van der Waals surface area (Å²) in [7, 11) is 0. The van der Waals surface area contributed by atoms with E-state index in [0.717, 1.165) is 22.7 Å². The van der Waals surface area contributed by atoms with Gasteiger partial charge in [0.05, 0.1) is 11.0 Å². The summed E-state index contributed by atoms with van der Waals surface area (Å²) in [4.78, 5) is 2.43. The molecule has 0 unspecified atom stereocenters. The lowest BCUT2D eigenvalue weighted by Crippen LogP contribution is -2.14. The van der Waals surface area contributed by atoms with Crippen LogP contribution < -0.4 is 4.90 Å². The van der Waals surface area contributed by atoms with Crippen molar-refractivity contribution in [3.05, 3.63) is 265 Å². The average molecular weight is 921 g/mol. The summed E-state index contributed by atoms with van der Waals surface area (Å²) < 4.78 is 2.42. The molecule has 14 rings (SSSR count). The summed E-state index contributed by atoms with van der Waals surface area (Å²) in [6.45, 7) is 9.43. The Kier molecular flexibility index (Phi) is 9.32. The number of hydrogen-bond acceptors (Lipinski definition) is 1. The first kappa shape index (κ1) is 42.2. The highest BCUT2D eigenvalue weighted by Crippen LogP contribution is 2.51. The van der Waals surface area contributed by atoms with Crippen molar-refractivity contribution >= 4 is 49.6 Å². The normalized spacial score (nSPS) is 13.8. The third-order valence-corrected chi connectivity index (χ3v) is 16.2. The Morgan fingerprint density at radius 2 is 0.708 bits per heavy atom. The highest BCUT2D eigenvalue weighted by atomic mass is 15.1. The number of hydrogen-bond donors (Lipinski definition) is 0. The number of benzene rings is 11. The number of rotatable bonds is 7. The van der Waals surface area contributed by atoms with Gasteiger partial charge in [-0.05, 0) is 174 Å². The highest BCUT2D eigenvalue weighted by Gasteiger charge is 2.36. The van der Waals surface area contributed by atoms with Gasteiger partial charge in [0.25, 0.3) is 0 Å². The van der Waals surface area contributed by atoms with E-state index in [1.54, 1.807) is 0 Å². The van der Waals surface area contributed by atoms with Crippen molar-refractivity contribution in [2.24, 2.45) is 0 Å². The predicted molar refractivity (Wildman–Crippen MR) is 304 cm³/mol.